The zero-order valence-electron chi connectivity index (χ0n) is 10.7. The molecule has 1 aromatic carbocycles. The molecule has 18 heavy (non-hydrogen) atoms. The molecular formula is C15H18N2O. The minimum Gasteiger partial charge on any atom is -0.388 e. The van der Waals surface area contributed by atoms with E-state index in [0.29, 0.717) is 6.42 Å². The number of aryl methyl sites for hydroxylation is 1. The predicted octanol–water partition coefficient (Wildman–Crippen LogP) is 3.58. The van der Waals surface area contributed by atoms with Gasteiger partial charge in [-0.05, 0) is 42.7 Å². The van der Waals surface area contributed by atoms with Crippen LogP contribution < -0.4 is 5.32 Å². The van der Waals surface area contributed by atoms with E-state index in [1.165, 1.54) is 0 Å². The highest BCUT2D eigenvalue weighted by atomic mass is 16.3. The molecule has 0 radical (unpaired) electrons. The van der Waals surface area contributed by atoms with Gasteiger partial charge in [0.2, 0.25) is 0 Å². The molecule has 2 N–H and O–H groups in total. The van der Waals surface area contributed by atoms with Gasteiger partial charge < -0.3 is 10.4 Å². The number of para-hydroxylation sites is 1. The lowest BCUT2D eigenvalue weighted by Gasteiger charge is -2.12. The van der Waals surface area contributed by atoms with E-state index in [9.17, 15) is 5.11 Å². The van der Waals surface area contributed by atoms with Crippen molar-refractivity contribution in [2.45, 2.75) is 26.4 Å². The van der Waals surface area contributed by atoms with Gasteiger partial charge in [0.25, 0.3) is 0 Å². The van der Waals surface area contributed by atoms with Crippen molar-refractivity contribution in [3.63, 3.8) is 0 Å². The van der Waals surface area contributed by atoms with E-state index in [1.807, 2.05) is 50.2 Å². The van der Waals surface area contributed by atoms with E-state index in [0.717, 1.165) is 22.6 Å². The maximum absolute atomic E-state index is 9.77. The summed E-state index contributed by atoms with van der Waals surface area (Å²) in [4.78, 5) is 4.37. The van der Waals surface area contributed by atoms with Crippen molar-refractivity contribution in [3.05, 3.63) is 53.7 Å². The molecule has 0 aliphatic carbocycles. The highest BCUT2D eigenvalue weighted by Crippen LogP contribution is 2.22. The molecule has 3 heteroatoms. The first-order valence-electron chi connectivity index (χ1n) is 6.17. The Morgan fingerprint density at radius 1 is 1.28 bits per heavy atom. The largest absolute Gasteiger partial charge is 0.388 e. The van der Waals surface area contributed by atoms with Gasteiger partial charge in [-0.25, -0.2) is 4.98 Å². The number of nitrogens with one attached hydrogen (secondary N) is 1. The van der Waals surface area contributed by atoms with Crippen LogP contribution in [-0.4, -0.2) is 10.1 Å². The molecule has 0 unspecified atom stereocenters. The Balaban J connectivity index is 2.20. The third kappa shape index (κ3) is 2.87. The molecule has 0 aliphatic heterocycles. The summed E-state index contributed by atoms with van der Waals surface area (Å²) in [7, 11) is 0. The third-order valence-corrected chi connectivity index (χ3v) is 2.91. The third-order valence-electron chi connectivity index (χ3n) is 2.91. The van der Waals surface area contributed by atoms with Gasteiger partial charge in [-0.2, -0.15) is 0 Å². The van der Waals surface area contributed by atoms with Gasteiger partial charge in [0.1, 0.15) is 5.82 Å². The summed E-state index contributed by atoms with van der Waals surface area (Å²) in [5, 5.41) is 13.0. The van der Waals surface area contributed by atoms with Gasteiger partial charge in [-0.3, -0.25) is 0 Å². The Labute approximate surface area is 108 Å². The van der Waals surface area contributed by atoms with Crippen LogP contribution in [0.25, 0.3) is 0 Å². The van der Waals surface area contributed by atoms with Crippen molar-refractivity contribution in [3.8, 4) is 0 Å². The van der Waals surface area contributed by atoms with E-state index in [2.05, 4.69) is 10.3 Å². The van der Waals surface area contributed by atoms with Gasteiger partial charge >= 0.3 is 0 Å². The SMILES string of the molecule is CC[C@@H](O)c1cnc(Nc2ccccc2)c(C)c1. The second-order valence-corrected chi connectivity index (χ2v) is 4.35. The monoisotopic (exact) mass is 242 g/mol. The number of pyridine rings is 1. The van der Waals surface area contributed by atoms with Crippen molar-refractivity contribution in [1.29, 1.82) is 0 Å². The molecule has 0 spiro atoms. The first-order chi connectivity index (χ1) is 8.70. The first kappa shape index (κ1) is 12.6. The van der Waals surface area contributed by atoms with E-state index < -0.39 is 6.10 Å². The molecule has 0 saturated carbocycles. The molecule has 1 aromatic heterocycles. The smallest absolute Gasteiger partial charge is 0.133 e. The van der Waals surface area contributed by atoms with Crippen LogP contribution in [-0.2, 0) is 0 Å². The number of aliphatic hydroxyl groups is 1. The topological polar surface area (TPSA) is 45.2 Å². The van der Waals surface area contributed by atoms with Crippen molar-refractivity contribution in [2.24, 2.45) is 0 Å². The Kier molecular flexibility index (Phi) is 3.95. The lowest BCUT2D eigenvalue weighted by atomic mass is 10.1. The van der Waals surface area contributed by atoms with Crippen LogP contribution in [0.1, 0.15) is 30.6 Å². The van der Waals surface area contributed by atoms with Gasteiger partial charge in [-0.1, -0.05) is 25.1 Å². The number of anilines is 2. The molecule has 0 amide bonds. The summed E-state index contributed by atoms with van der Waals surface area (Å²) in [5.41, 5.74) is 2.91. The second kappa shape index (κ2) is 5.65. The highest BCUT2D eigenvalue weighted by molar-refractivity contribution is 5.59. The summed E-state index contributed by atoms with van der Waals surface area (Å²) >= 11 is 0. The van der Waals surface area contributed by atoms with Crippen LogP contribution in [0.4, 0.5) is 11.5 Å². The Bertz CT molecular complexity index is 511. The number of hydrogen-bond donors (Lipinski definition) is 2. The first-order valence-corrected chi connectivity index (χ1v) is 6.17. The van der Waals surface area contributed by atoms with Gasteiger partial charge in [0.05, 0.1) is 6.10 Å². The van der Waals surface area contributed by atoms with E-state index in [-0.39, 0.29) is 0 Å². The highest BCUT2D eigenvalue weighted by Gasteiger charge is 2.08. The zero-order chi connectivity index (χ0) is 13.0. The van der Waals surface area contributed by atoms with Crippen molar-refractivity contribution in [2.75, 3.05) is 5.32 Å². The minimum absolute atomic E-state index is 0.429. The lowest BCUT2D eigenvalue weighted by Crippen LogP contribution is -2.01. The molecule has 0 bridgehead atoms. The van der Waals surface area contributed by atoms with Crippen LogP contribution in [0.3, 0.4) is 0 Å². The van der Waals surface area contributed by atoms with Crippen LogP contribution in [0.5, 0.6) is 0 Å². The van der Waals surface area contributed by atoms with Gasteiger partial charge in [0.15, 0.2) is 0 Å². The quantitative estimate of drug-likeness (QED) is 0.861. The summed E-state index contributed by atoms with van der Waals surface area (Å²) < 4.78 is 0. The summed E-state index contributed by atoms with van der Waals surface area (Å²) in [6.07, 6.45) is 2.00. The standard InChI is InChI=1S/C15H18N2O/c1-3-14(18)12-9-11(2)15(16-10-12)17-13-7-5-4-6-8-13/h4-10,14,18H,3H2,1-2H3,(H,16,17)/t14-/m1/s1. The molecule has 2 aromatic rings. The Morgan fingerprint density at radius 2 is 2.00 bits per heavy atom. The number of rotatable bonds is 4. The Hall–Kier alpha value is -1.87. The number of hydrogen-bond acceptors (Lipinski definition) is 3. The minimum atomic E-state index is -0.429. The fourth-order valence-corrected chi connectivity index (χ4v) is 1.80. The Morgan fingerprint density at radius 3 is 2.61 bits per heavy atom. The average Bonchev–Trinajstić information content (AvgIpc) is 2.41. The van der Waals surface area contributed by atoms with Crippen LogP contribution in [0, 0.1) is 6.92 Å². The van der Waals surface area contributed by atoms with Gasteiger partial charge in [-0.15, -0.1) is 0 Å². The lowest BCUT2D eigenvalue weighted by molar-refractivity contribution is 0.173. The average molecular weight is 242 g/mol. The summed E-state index contributed by atoms with van der Waals surface area (Å²) in [6, 6.07) is 11.9. The molecule has 0 fully saturated rings. The molecule has 1 atom stereocenters. The molecule has 2 rings (SSSR count). The second-order valence-electron chi connectivity index (χ2n) is 4.35. The zero-order valence-corrected chi connectivity index (χ0v) is 10.7. The molecule has 3 nitrogen and oxygen atoms in total. The van der Waals surface area contributed by atoms with Gasteiger partial charge in [0, 0.05) is 11.9 Å². The van der Waals surface area contributed by atoms with E-state index in [4.69, 9.17) is 0 Å². The van der Waals surface area contributed by atoms with Crippen LogP contribution >= 0.6 is 0 Å². The molecule has 0 saturated heterocycles. The predicted molar refractivity (Wildman–Crippen MR) is 73.9 cm³/mol. The fraction of sp³-hybridized carbons (Fsp3) is 0.267. The molecular weight excluding hydrogens is 224 g/mol. The molecule has 1 heterocycles. The van der Waals surface area contributed by atoms with Crippen molar-refractivity contribution in [1.82, 2.24) is 4.98 Å². The molecule has 94 valence electrons. The molecule has 0 aliphatic rings. The number of aromatic nitrogens is 1. The number of benzene rings is 1. The van der Waals surface area contributed by atoms with Crippen molar-refractivity contribution < 1.29 is 5.11 Å². The fourth-order valence-electron chi connectivity index (χ4n) is 1.80. The van der Waals surface area contributed by atoms with E-state index >= 15 is 0 Å². The maximum atomic E-state index is 9.77. The summed E-state index contributed by atoms with van der Waals surface area (Å²) in [6.45, 7) is 3.94. The van der Waals surface area contributed by atoms with Crippen LogP contribution in [0.15, 0.2) is 42.6 Å². The van der Waals surface area contributed by atoms with E-state index in [1.54, 1.807) is 6.20 Å². The van der Waals surface area contributed by atoms with Crippen molar-refractivity contribution >= 4 is 11.5 Å². The number of aliphatic hydroxyl groups excluding tert-OH is 1. The summed E-state index contributed by atoms with van der Waals surface area (Å²) in [5.74, 6) is 0.827. The maximum Gasteiger partial charge on any atom is 0.133 e. The normalized spacial score (nSPS) is 12.2. The van der Waals surface area contributed by atoms with Crippen LogP contribution in [0.2, 0.25) is 0 Å². The number of nitrogens with zero attached hydrogens (tertiary/aromatic N) is 1.